The quantitative estimate of drug-likeness (QED) is 0.712. The first-order chi connectivity index (χ1) is 12.7. The number of hydrogen-bond acceptors (Lipinski definition) is 3. The Kier molecular flexibility index (Phi) is 10.3. The lowest BCUT2D eigenvalue weighted by Crippen LogP contribution is -2.30. The van der Waals surface area contributed by atoms with Crippen LogP contribution in [0.3, 0.4) is 0 Å². The van der Waals surface area contributed by atoms with Gasteiger partial charge in [-0.3, -0.25) is 0 Å². The number of aromatic nitrogens is 2. The van der Waals surface area contributed by atoms with Crippen molar-refractivity contribution in [1.82, 2.24) is 19.4 Å². The highest BCUT2D eigenvalue weighted by atomic mass is 15.1. The number of imidazole rings is 1. The molecule has 0 radical (unpaired) electrons. The second-order valence-electron chi connectivity index (χ2n) is 8.58. The highest BCUT2D eigenvalue weighted by molar-refractivity contribution is 4.75. The predicted octanol–water partition coefficient (Wildman–Crippen LogP) is 4.52. The van der Waals surface area contributed by atoms with Crippen molar-refractivity contribution in [3.8, 4) is 0 Å². The van der Waals surface area contributed by atoms with E-state index in [-0.39, 0.29) is 0 Å². The van der Waals surface area contributed by atoms with E-state index >= 15 is 0 Å². The zero-order valence-electron chi connectivity index (χ0n) is 17.6. The first kappa shape index (κ1) is 21.4. The lowest BCUT2D eigenvalue weighted by molar-refractivity contribution is 0.209. The molecule has 0 aliphatic carbocycles. The molecule has 0 amide bonds. The summed E-state index contributed by atoms with van der Waals surface area (Å²) in [4.78, 5) is 8.94. The fourth-order valence-electron chi connectivity index (χ4n) is 4.18. The van der Waals surface area contributed by atoms with Crippen molar-refractivity contribution in [1.29, 1.82) is 0 Å². The SMILES string of the molecule is CCCCC1CCN(C)CC1.CN1CCC(CCCn2ccnc2)CC1. The molecule has 2 aliphatic rings. The summed E-state index contributed by atoms with van der Waals surface area (Å²) in [5.41, 5.74) is 0. The Morgan fingerprint density at radius 1 is 0.846 bits per heavy atom. The molecule has 4 nitrogen and oxygen atoms in total. The summed E-state index contributed by atoms with van der Waals surface area (Å²) < 4.78 is 2.18. The first-order valence-electron chi connectivity index (χ1n) is 11.0. The second-order valence-corrected chi connectivity index (χ2v) is 8.58. The van der Waals surface area contributed by atoms with Gasteiger partial charge in [0.05, 0.1) is 6.33 Å². The fraction of sp³-hybridized carbons (Fsp3) is 0.864. The van der Waals surface area contributed by atoms with Crippen LogP contribution < -0.4 is 0 Å². The molecule has 2 fully saturated rings. The molecule has 0 N–H and O–H groups in total. The maximum Gasteiger partial charge on any atom is 0.0945 e. The van der Waals surface area contributed by atoms with Crippen LogP contribution in [0.1, 0.15) is 64.7 Å². The molecular formula is C22H42N4. The fourth-order valence-corrected chi connectivity index (χ4v) is 4.18. The zero-order chi connectivity index (χ0) is 18.6. The maximum absolute atomic E-state index is 4.05. The summed E-state index contributed by atoms with van der Waals surface area (Å²) in [7, 11) is 4.46. The topological polar surface area (TPSA) is 24.3 Å². The van der Waals surface area contributed by atoms with E-state index in [1.54, 1.807) is 0 Å². The van der Waals surface area contributed by atoms with Crippen molar-refractivity contribution in [3.05, 3.63) is 18.7 Å². The molecule has 1 aromatic heterocycles. The number of hydrogen-bond donors (Lipinski definition) is 0. The van der Waals surface area contributed by atoms with Crippen LogP contribution >= 0.6 is 0 Å². The van der Waals surface area contributed by atoms with Crippen molar-refractivity contribution >= 4 is 0 Å². The third kappa shape index (κ3) is 8.68. The van der Waals surface area contributed by atoms with Gasteiger partial charge in [0, 0.05) is 18.9 Å². The average molecular weight is 363 g/mol. The van der Waals surface area contributed by atoms with Crippen LogP contribution in [0.2, 0.25) is 0 Å². The number of likely N-dealkylation sites (tertiary alicyclic amines) is 2. The molecule has 0 spiro atoms. The van der Waals surface area contributed by atoms with Crippen molar-refractivity contribution in [2.24, 2.45) is 11.8 Å². The van der Waals surface area contributed by atoms with Crippen LogP contribution in [-0.4, -0.2) is 59.6 Å². The zero-order valence-corrected chi connectivity index (χ0v) is 17.6. The van der Waals surface area contributed by atoms with Gasteiger partial charge in [-0.1, -0.05) is 26.2 Å². The van der Waals surface area contributed by atoms with E-state index in [9.17, 15) is 0 Å². The molecule has 3 rings (SSSR count). The standard InChI is InChI=1S/C12H21N3.C10H21N/c1-14-8-4-12(5-9-14)3-2-7-15-10-6-13-11-15;1-3-4-5-10-6-8-11(2)9-7-10/h6,10-12H,2-5,7-9H2,1H3;10H,3-9H2,1-2H3. The Morgan fingerprint density at radius 2 is 1.38 bits per heavy atom. The third-order valence-corrected chi connectivity index (χ3v) is 6.23. The summed E-state index contributed by atoms with van der Waals surface area (Å²) in [5, 5.41) is 0. The van der Waals surface area contributed by atoms with Crippen LogP contribution in [0, 0.1) is 11.8 Å². The summed E-state index contributed by atoms with van der Waals surface area (Å²) in [5.74, 6) is 2.01. The van der Waals surface area contributed by atoms with Crippen molar-refractivity contribution in [3.63, 3.8) is 0 Å². The molecule has 26 heavy (non-hydrogen) atoms. The molecule has 0 unspecified atom stereocenters. The average Bonchev–Trinajstić information content (AvgIpc) is 3.17. The van der Waals surface area contributed by atoms with Gasteiger partial charge in [0.25, 0.3) is 0 Å². The lowest BCUT2D eigenvalue weighted by Gasteiger charge is -2.28. The largest absolute Gasteiger partial charge is 0.337 e. The molecule has 3 heterocycles. The Hall–Kier alpha value is -0.870. The first-order valence-corrected chi connectivity index (χ1v) is 11.0. The lowest BCUT2D eigenvalue weighted by atomic mass is 9.92. The second kappa shape index (κ2) is 12.5. The molecule has 2 aliphatic heterocycles. The van der Waals surface area contributed by atoms with Gasteiger partial charge in [-0.2, -0.15) is 0 Å². The normalized spacial score (nSPS) is 20.7. The highest BCUT2D eigenvalue weighted by Gasteiger charge is 2.16. The molecule has 2 saturated heterocycles. The third-order valence-electron chi connectivity index (χ3n) is 6.23. The van der Waals surface area contributed by atoms with Crippen LogP contribution in [0.4, 0.5) is 0 Å². The maximum atomic E-state index is 4.05. The molecule has 0 aromatic carbocycles. The minimum atomic E-state index is 0.963. The number of rotatable bonds is 7. The van der Waals surface area contributed by atoms with E-state index in [2.05, 4.69) is 46.6 Å². The summed E-state index contributed by atoms with van der Waals surface area (Å²) >= 11 is 0. The van der Waals surface area contributed by atoms with Gasteiger partial charge in [0.1, 0.15) is 0 Å². The van der Waals surface area contributed by atoms with Gasteiger partial charge >= 0.3 is 0 Å². The van der Waals surface area contributed by atoms with Crippen molar-refractivity contribution < 1.29 is 0 Å². The van der Waals surface area contributed by atoms with Crippen LogP contribution in [0.25, 0.3) is 0 Å². The molecule has 0 atom stereocenters. The molecule has 1 aromatic rings. The Bertz CT molecular complexity index is 426. The van der Waals surface area contributed by atoms with Crippen molar-refractivity contribution in [2.45, 2.75) is 71.3 Å². The summed E-state index contributed by atoms with van der Waals surface area (Å²) in [6.07, 6.45) is 18.4. The minimum absolute atomic E-state index is 0.963. The van der Waals surface area contributed by atoms with Gasteiger partial charge < -0.3 is 14.4 Å². The number of piperidine rings is 2. The molecular weight excluding hydrogens is 320 g/mol. The van der Waals surface area contributed by atoms with Gasteiger partial charge in [-0.05, 0) is 90.6 Å². The monoisotopic (exact) mass is 362 g/mol. The number of unbranched alkanes of at least 4 members (excludes halogenated alkanes) is 1. The van der Waals surface area contributed by atoms with Gasteiger partial charge in [-0.15, -0.1) is 0 Å². The highest BCUT2D eigenvalue weighted by Crippen LogP contribution is 2.22. The number of aryl methyl sites for hydroxylation is 1. The van der Waals surface area contributed by atoms with E-state index in [0.29, 0.717) is 0 Å². The molecule has 4 heteroatoms. The molecule has 0 saturated carbocycles. The van der Waals surface area contributed by atoms with Gasteiger partial charge in [0.2, 0.25) is 0 Å². The van der Waals surface area contributed by atoms with E-state index in [1.165, 1.54) is 84.0 Å². The molecule has 0 bridgehead atoms. The minimum Gasteiger partial charge on any atom is -0.337 e. The van der Waals surface area contributed by atoms with Crippen LogP contribution in [0.5, 0.6) is 0 Å². The van der Waals surface area contributed by atoms with Crippen molar-refractivity contribution in [2.75, 3.05) is 40.3 Å². The predicted molar refractivity (Wildman–Crippen MR) is 111 cm³/mol. The van der Waals surface area contributed by atoms with Gasteiger partial charge in [0.15, 0.2) is 0 Å². The van der Waals surface area contributed by atoms with E-state index in [0.717, 1.165) is 18.4 Å². The molecule has 150 valence electrons. The smallest absolute Gasteiger partial charge is 0.0945 e. The van der Waals surface area contributed by atoms with E-state index < -0.39 is 0 Å². The summed E-state index contributed by atoms with van der Waals surface area (Å²) in [6, 6.07) is 0. The van der Waals surface area contributed by atoms with Crippen LogP contribution in [-0.2, 0) is 6.54 Å². The number of nitrogens with zero attached hydrogens (tertiary/aromatic N) is 4. The van der Waals surface area contributed by atoms with Gasteiger partial charge in [-0.25, -0.2) is 4.98 Å². The summed E-state index contributed by atoms with van der Waals surface area (Å²) in [6.45, 7) is 8.65. The Labute approximate surface area is 162 Å². The van der Waals surface area contributed by atoms with Crippen LogP contribution in [0.15, 0.2) is 18.7 Å². The Balaban J connectivity index is 0.000000197. The Morgan fingerprint density at radius 3 is 1.85 bits per heavy atom. The van der Waals surface area contributed by atoms with E-state index in [1.807, 2.05) is 12.5 Å². The van der Waals surface area contributed by atoms with E-state index in [4.69, 9.17) is 0 Å².